The molecular formula is C20H19NO3. The number of hydrogen-bond acceptors (Lipinski definition) is 4. The molecule has 4 heteroatoms. The molecule has 0 saturated carbocycles. The maximum absolute atomic E-state index is 5.43. The second kappa shape index (κ2) is 7.04. The van der Waals surface area contributed by atoms with Crippen LogP contribution in [0.3, 0.4) is 0 Å². The van der Waals surface area contributed by atoms with E-state index in [1.807, 2.05) is 42.7 Å². The molecule has 0 atom stereocenters. The molecule has 122 valence electrons. The van der Waals surface area contributed by atoms with E-state index in [4.69, 9.17) is 14.2 Å². The van der Waals surface area contributed by atoms with Crippen molar-refractivity contribution < 1.29 is 14.2 Å². The van der Waals surface area contributed by atoms with Crippen LogP contribution in [0.4, 0.5) is 0 Å². The molecule has 0 amide bonds. The van der Waals surface area contributed by atoms with E-state index in [9.17, 15) is 0 Å². The van der Waals surface area contributed by atoms with Crippen LogP contribution < -0.4 is 14.2 Å². The van der Waals surface area contributed by atoms with Gasteiger partial charge in [-0.1, -0.05) is 30.3 Å². The molecule has 4 nitrogen and oxygen atoms in total. The van der Waals surface area contributed by atoms with E-state index in [1.165, 1.54) is 0 Å². The minimum Gasteiger partial charge on any atom is -0.493 e. The fourth-order valence-corrected chi connectivity index (χ4v) is 2.63. The van der Waals surface area contributed by atoms with Crippen LogP contribution in [0.5, 0.6) is 17.2 Å². The zero-order valence-corrected chi connectivity index (χ0v) is 13.9. The average Bonchev–Trinajstić information content (AvgIpc) is 2.67. The van der Waals surface area contributed by atoms with Gasteiger partial charge in [0.05, 0.1) is 21.3 Å². The van der Waals surface area contributed by atoms with Crippen LogP contribution in [-0.4, -0.2) is 26.3 Å². The monoisotopic (exact) mass is 321 g/mol. The molecule has 0 bridgehead atoms. The first kappa shape index (κ1) is 15.9. The summed E-state index contributed by atoms with van der Waals surface area (Å²) in [6.45, 7) is 0. The van der Waals surface area contributed by atoms with Gasteiger partial charge >= 0.3 is 0 Å². The summed E-state index contributed by atoms with van der Waals surface area (Å²) in [4.78, 5) is 4.38. The topological polar surface area (TPSA) is 40.6 Å². The molecule has 0 fully saturated rings. The maximum Gasteiger partial charge on any atom is 0.203 e. The first-order valence-corrected chi connectivity index (χ1v) is 7.57. The van der Waals surface area contributed by atoms with Crippen LogP contribution in [0, 0.1) is 0 Å². The highest BCUT2D eigenvalue weighted by molar-refractivity contribution is 5.75. The summed E-state index contributed by atoms with van der Waals surface area (Å²) in [7, 11) is 4.82. The number of aromatic nitrogens is 1. The molecule has 0 radical (unpaired) electrons. The molecule has 3 rings (SSSR count). The third-order valence-electron chi connectivity index (χ3n) is 3.84. The lowest BCUT2D eigenvalue weighted by atomic mass is 10.0. The molecule has 0 aliphatic carbocycles. The highest BCUT2D eigenvalue weighted by Crippen LogP contribution is 2.41. The summed E-state index contributed by atoms with van der Waals surface area (Å²) in [5.41, 5.74) is 4.12. The Morgan fingerprint density at radius 2 is 1.21 bits per heavy atom. The van der Waals surface area contributed by atoms with Crippen LogP contribution >= 0.6 is 0 Å². The van der Waals surface area contributed by atoms with Crippen molar-refractivity contribution in [2.45, 2.75) is 0 Å². The zero-order chi connectivity index (χ0) is 16.9. The van der Waals surface area contributed by atoms with Gasteiger partial charge in [-0.2, -0.15) is 0 Å². The Kier molecular flexibility index (Phi) is 4.66. The lowest BCUT2D eigenvalue weighted by Crippen LogP contribution is -1.96. The van der Waals surface area contributed by atoms with Crippen molar-refractivity contribution in [3.8, 4) is 39.5 Å². The van der Waals surface area contributed by atoms with E-state index < -0.39 is 0 Å². The Balaban J connectivity index is 2.09. The second-order valence-corrected chi connectivity index (χ2v) is 5.24. The van der Waals surface area contributed by atoms with Crippen LogP contribution in [0.15, 0.2) is 60.9 Å². The number of rotatable bonds is 5. The lowest BCUT2D eigenvalue weighted by Gasteiger charge is -2.14. The zero-order valence-electron chi connectivity index (χ0n) is 13.9. The molecule has 0 N–H and O–H groups in total. The average molecular weight is 321 g/mol. The molecule has 0 saturated heterocycles. The smallest absolute Gasteiger partial charge is 0.203 e. The van der Waals surface area contributed by atoms with E-state index in [0.717, 1.165) is 22.3 Å². The summed E-state index contributed by atoms with van der Waals surface area (Å²) in [6.07, 6.45) is 3.68. The highest BCUT2D eigenvalue weighted by Gasteiger charge is 2.14. The van der Waals surface area contributed by atoms with Crippen molar-refractivity contribution in [1.29, 1.82) is 0 Å². The molecule has 2 aromatic carbocycles. The van der Waals surface area contributed by atoms with Crippen LogP contribution in [-0.2, 0) is 0 Å². The Bertz CT molecular complexity index is 806. The number of ether oxygens (including phenoxy) is 3. The Hall–Kier alpha value is -3.01. The fourth-order valence-electron chi connectivity index (χ4n) is 2.63. The predicted octanol–water partition coefficient (Wildman–Crippen LogP) is 4.44. The minimum absolute atomic E-state index is 0.580. The van der Waals surface area contributed by atoms with E-state index in [2.05, 4.69) is 23.2 Å². The van der Waals surface area contributed by atoms with Gasteiger partial charge in [0, 0.05) is 23.5 Å². The Morgan fingerprint density at radius 1 is 0.625 bits per heavy atom. The van der Waals surface area contributed by atoms with Gasteiger partial charge in [-0.25, -0.2) is 0 Å². The first-order valence-electron chi connectivity index (χ1n) is 7.57. The van der Waals surface area contributed by atoms with Crippen molar-refractivity contribution in [3.63, 3.8) is 0 Å². The van der Waals surface area contributed by atoms with Crippen LogP contribution in [0.1, 0.15) is 0 Å². The summed E-state index contributed by atoms with van der Waals surface area (Å²) >= 11 is 0. The highest BCUT2D eigenvalue weighted by atomic mass is 16.5. The summed E-state index contributed by atoms with van der Waals surface area (Å²) in [5, 5.41) is 0. The molecule has 1 aromatic heterocycles. The molecule has 1 heterocycles. The fraction of sp³-hybridized carbons (Fsp3) is 0.150. The molecule has 3 aromatic rings. The third-order valence-corrected chi connectivity index (χ3v) is 3.84. The second-order valence-electron chi connectivity index (χ2n) is 5.24. The lowest BCUT2D eigenvalue weighted by molar-refractivity contribution is 0.324. The van der Waals surface area contributed by atoms with Crippen molar-refractivity contribution in [2.24, 2.45) is 0 Å². The van der Waals surface area contributed by atoms with Gasteiger partial charge in [0.1, 0.15) is 0 Å². The maximum atomic E-state index is 5.43. The standard InChI is InChI=1S/C20H19NO3/c1-22-18-10-15(11-19(23-2)20(18)24-3)17-9-16(12-21-13-17)14-7-5-4-6-8-14/h4-13H,1-3H3. The predicted molar refractivity (Wildman–Crippen MR) is 94.8 cm³/mol. The molecule has 0 spiro atoms. The van der Waals surface area contributed by atoms with Gasteiger partial charge in [0.15, 0.2) is 11.5 Å². The number of methoxy groups -OCH3 is 3. The molecule has 0 aliphatic rings. The first-order chi connectivity index (χ1) is 11.8. The molecule has 0 unspecified atom stereocenters. The van der Waals surface area contributed by atoms with Gasteiger partial charge < -0.3 is 14.2 Å². The molecule has 24 heavy (non-hydrogen) atoms. The van der Waals surface area contributed by atoms with Gasteiger partial charge in [0.2, 0.25) is 5.75 Å². The Labute approximate surface area is 141 Å². The quantitative estimate of drug-likeness (QED) is 0.696. The summed E-state index contributed by atoms with van der Waals surface area (Å²) < 4.78 is 16.2. The molecule has 0 aliphatic heterocycles. The van der Waals surface area contributed by atoms with Crippen molar-refractivity contribution in [2.75, 3.05) is 21.3 Å². The third kappa shape index (κ3) is 3.04. The summed E-state index contributed by atoms with van der Waals surface area (Å²) in [5.74, 6) is 1.82. The van der Waals surface area contributed by atoms with Crippen molar-refractivity contribution in [1.82, 2.24) is 4.98 Å². The minimum atomic E-state index is 0.580. The number of benzene rings is 2. The van der Waals surface area contributed by atoms with Crippen LogP contribution in [0.2, 0.25) is 0 Å². The van der Waals surface area contributed by atoms with Gasteiger partial charge in [-0.15, -0.1) is 0 Å². The van der Waals surface area contributed by atoms with Crippen molar-refractivity contribution >= 4 is 0 Å². The normalized spacial score (nSPS) is 10.3. The van der Waals surface area contributed by atoms with Gasteiger partial charge in [-0.05, 0) is 29.3 Å². The van der Waals surface area contributed by atoms with E-state index >= 15 is 0 Å². The number of nitrogens with zero attached hydrogens (tertiary/aromatic N) is 1. The SMILES string of the molecule is COc1cc(-c2cncc(-c3ccccc3)c2)cc(OC)c1OC. The van der Waals surface area contributed by atoms with E-state index in [1.54, 1.807) is 21.3 Å². The number of hydrogen-bond donors (Lipinski definition) is 0. The van der Waals surface area contributed by atoms with Gasteiger partial charge in [0.25, 0.3) is 0 Å². The van der Waals surface area contributed by atoms with Crippen molar-refractivity contribution in [3.05, 3.63) is 60.9 Å². The van der Waals surface area contributed by atoms with E-state index in [0.29, 0.717) is 17.2 Å². The van der Waals surface area contributed by atoms with Gasteiger partial charge in [-0.3, -0.25) is 4.98 Å². The van der Waals surface area contributed by atoms with E-state index in [-0.39, 0.29) is 0 Å². The van der Waals surface area contributed by atoms with Crippen LogP contribution in [0.25, 0.3) is 22.3 Å². The largest absolute Gasteiger partial charge is 0.493 e. The summed E-state index contributed by atoms with van der Waals surface area (Å²) in [6, 6.07) is 16.1. The molecular weight excluding hydrogens is 302 g/mol. The Morgan fingerprint density at radius 3 is 1.75 bits per heavy atom. The number of pyridine rings is 1.